The van der Waals surface area contributed by atoms with Crippen molar-refractivity contribution < 1.29 is 56.8 Å². The summed E-state index contributed by atoms with van der Waals surface area (Å²) in [5.74, 6) is -5.27. The third kappa shape index (κ3) is 12.2. The molecule has 12 nitrogen and oxygen atoms in total. The molecule has 0 bridgehead atoms. The van der Waals surface area contributed by atoms with E-state index in [2.05, 4.69) is 10.3 Å². The molecular weight excluding hydrogens is 771 g/mol. The molecule has 17 heteroatoms. The summed E-state index contributed by atoms with van der Waals surface area (Å²) in [5, 5.41) is 35.9. The maximum absolute atomic E-state index is 14.4. The first-order valence-corrected chi connectivity index (χ1v) is 18.3. The molecule has 312 valence electrons. The fraction of sp³-hybridized carbons (Fsp3) is 0.390. The van der Waals surface area contributed by atoms with Crippen molar-refractivity contribution in [3.05, 3.63) is 122 Å². The number of halogens is 5. The highest BCUT2D eigenvalue weighted by atomic mass is 19.4. The van der Waals surface area contributed by atoms with Crippen molar-refractivity contribution >= 4 is 17.8 Å². The van der Waals surface area contributed by atoms with Crippen molar-refractivity contribution in [2.24, 2.45) is 0 Å². The number of alkyl halides is 3. The minimum atomic E-state index is -4.41. The predicted molar refractivity (Wildman–Crippen MR) is 202 cm³/mol. The van der Waals surface area contributed by atoms with Crippen LogP contribution < -0.4 is 10.9 Å². The van der Waals surface area contributed by atoms with Gasteiger partial charge in [0, 0.05) is 42.9 Å². The van der Waals surface area contributed by atoms with Crippen LogP contribution in [0.5, 0.6) is 0 Å². The van der Waals surface area contributed by atoms with E-state index in [0.717, 1.165) is 41.4 Å². The molecule has 0 saturated carbocycles. The Morgan fingerprint density at radius 3 is 2.00 bits per heavy atom. The van der Waals surface area contributed by atoms with Gasteiger partial charge in [-0.05, 0) is 86.9 Å². The van der Waals surface area contributed by atoms with Crippen molar-refractivity contribution in [3.63, 3.8) is 0 Å². The minimum absolute atomic E-state index is 0.0737. The van der Waals surface area contributed by atoms with Gasteiger partial charge in [0.1, 0.15) is 12.4 Å². The molecule has 1 amide bonds. The Balaban J connectivity index is 0.000000657. The number of carbonyl (C=O) groups is 3. The number of fused-ring (bicyclic) bond motifs is 1. The number of benzene rings is 3. The molecule has 0 radical (unpaired) electrons. The first kappa shape index (κ1) is 45.2. The Labute approximate surface area is 330 Å². The van der Waals surface area contributed by atoms with Crippen LogP contribution in [0.1, 0.15) is 61.0 Å². The number of carbonyl (C=O) groups excluding carboxylic acids is 1. The third-order valence-electron chi connectivity index (χ3n) is 9.33. The van der Waals surface area contributed by atoms with Gasteiger partial charge in [0.2, 0.25) is 5.91 Å². The van der Waals surface area contributed by atoms with Gasteiger partial charge < -0.3 is 35.2 Å². The number of carboxylic acid groups (broad SMARTS) is 2. The number of nitrogens with zero attached hydrogens (tertiary/aromatic N) is 3. The number of rotatable bonds is 14. The molecule has 5 N–H and O–H groups in total. The molecular formula is C41H45F5N4O8. The first-order valence-electron chi connectivity index (χ1n) is 18.3. The van der Waals surface area contributed by atoms with E-state index in [-0.39, 0.29) is 48.5 Å². The molecule has 0 aliphatic heterocycles. The molecule has 0 unspecified atom stereocenters. The van der Waals surface area contributed by atoms with E-state index < -0.39 is 47.5 Å². The lowest BCUT2D eigenvalue weighted by atomic mass is 10.0. The summed E-state index contributed by atoms with van der Waals surface area (Å²) in [7, 11) is 0. The number of aliphatic hydroxyl groups excluding tert-OH is 2. The largest absolute Gasteiger partial charge is 0.479 e. The molecule has 0 spiro atoms. The van der Waals surface area contributed by atoms with Gasteiger partial charge in [-0.25, -0.2) is 18.4 Å². The molecule has 2 atom stereocenters. The highest BCUT2D eigenvalue weighted by Gasteiger charge is 2.31. The van der Waals surface area contributed by atoms with Crippen LogP contribution in [-0.2, 0) is 59.3 Å². The molecule has 5 rings (SSSR count). The monoisotopic (exact) mass is 816 g/mol. The van der Waals surface area contributed by atoms with Crippen LogP contribution >= 0.6 is 0 Å². The average Bonchev–Trinajstić information content (AvgIpc) is 3.66. The zero-order valence-corrected chi connectivity index (χ0v) is 32.0. The number of hydrogen-bond donors (Lipinski definition) is 5. The normalized spacial score (nSPS) is 13.6. The second kappa shape index (κ2) is 19.3. The van der Waals surface area contributed by atoms with Crippen molar-refractivity contribution in [2.45, 2.75) is 89.9 Å². The second-order valence-corrected chi connectivity index (χ2v) is 14.7. The Morgan fingerprint density at radius 1 is 0.862 bits per heavy atom. The van der Waals surface area contributed by atoms with Crippen LogP contribution in [0.25, 0.3) is 11.1 Å². The topological polar surface area (TPSA) is 182 Å². The smallest absolute Gasteiger partial charge is 0.416 e. The molecule has 0 fully saturated rings. The molecule has 1 aliphatic rings. The Kier molecular flexibility index (Phi) is 15.0. The average molecular weight is 817 g/mol. The maximum atomic E-state index is 14.4. The summed E-state index contributed by atoms with van der Waals surface area (Å²) >= 11 is 0. The molecule has 1 heterocycles. The van der Waals surface area contributed by atoms with Crippen LogP contribution in [0, 0.1) is 11.6 Å². The SMILES string of the molecule is CC(C)(C)NCCN(Cc1ccc(-c2ccc(C(F)(F)F)cc2)cc1)C(=O)Cn1c(CCc2cccc(F)c2F)nc(=O)c2c1CCC2.O=C(O)[C@H](O)[C@@H](O)C(=O)O. The molecule has 4 aromatic rings. The third-order valence-corrected chi connectivity index (χ3v) is 9.33. The van der Waals surface area contributed by atoms with Crippen molar-refractivity contribution in [3.8, 4) is 11.1 Å². The van der Waals surface area contributed by atoms with E-state index in [1.165, 1.54) is 24.3 Å². The van der Waals surface area contributed by atoms with E-state index in [1.54, 1.807) is 9.47 Å². The van der Waals surface area contributed by atoms with Crippen molar-refractivity contribution in [1.29, 1.82) is 0 Å². The standard InChI is InChI=1S/C37H39F5N4O2.C4H6O6/c1-36(2,3)43-20-21-45(22-24-10-12-25(13-11-24)26-14-17-28(18-15-26)37(40,41)42)33(47)23-46-31-9-5-7-29(31)35(48)44-32(46)19-16-27-6-4-8-30(38)34(27)39;5-1(3(7)8)2(6)4(9)10/h4,6,8,10-15,17-18,43H,5,7,9,16,19-23H2,1-3H3;1-2,5-6H,(H,7,8)(H,9,10)/t;1-,2-/m.1/s1. The summed E-state index contributed by atoms with van der Waals surface area (Å²) in [6.07, 6.45) is -6.76. The summed E-state index contributed by atoms with van der Waals surface area (Å²) in [6.45, 7) is 7.20. The summed E-state index contributed by atoms with van der Waals surface area (Å²) in [4.78, 5) is 52.5. The summed E-state index contributed by atoms with van der Waals surface area (Å²) < 4.78 is 69.1. The maximum Gasteiger partial charge on any atom is 0.416 e. The highest BCUT2D eigenvalue weighted by Crippen LogP contribution is 2.31. The van der Waals surface area contributed by atoms with Crippen LogP contribution in [0.2, 0.25) is 0 Å². The highest BCUT2D eigenvalue weighted by molar-refractivity contribution is 5.83. The van der Waals surface area contributed by atoms with Crippen LogP contribution in [-0.4, -0.2) is 83.6 Å². The number of carboxylic acids is 2. The number of amides is 1. The van der Waals surface area contributed by atoms with Gasteiger partial charge in [-0.1, -0.05) is 48.5 Å². The summed E-state index contributed by atoms with van der Waals surface area (Å²) in [6, 6.07) is 16.3. The second-order valence-electron chi connectivity index (χ2n) is 14.7. The Morgan fingerprint density at radius 2 is 1.45 bits per heavy atom. The lowest BCUT2D eigenvalue weighted by Gasteiger charge is -2.28. The molecule has 3 aromatic carbocycles. The molecule has 0 saturated heterocycles. The minimum Gasteiger partial charge on any atom is -0.479 e. The van der Waals surface area contributed by atoms with Gasteiger partial charge in [0.05, 0.1) is 5.56 Å². The number of aliphatic hydroxyl groups is 2. The van der Waals surface area contributed by atoms with Gasteiger partial charge in [-0.3, -0.25) is 9.59 Å². The first-order chi connectivity index (χ1) is 27.2. The Bertz CT molecular complexity index is 2120. The predicted octanol–water partition coefficient (Wildman–Crippen LogP) is 4.78. The lowest BCUT2D eigenvalue weighted by Crippen LogP contribution is -2.44. The van der Waals surface area contributed by atoms with Gasteiger partial charge in [0.15, 0.2) is 23.8 Å². The van der Waals surface area contributed by atoms with Gasteiger partial charge >= 0.3 is 18.1 Å². The molecule has 58 heavy (non-hydrogen) atoms. The van der Waals surface area contributed by atoms with Gasteiger partial charge in [-0.15, -0.1) is 0 Å². The van der Waals surface area contributed by atoms with Crippen LogP contribution in [0.4, 0.5) is 22.0 Å². The van der Waals surface area contributed by atoms with Gasteiger partial charge in [-0.2, -0.15) is 18.2 Å². The Hall–Kier alpha value is -5.52. The summed E-state index contributed by atoms with van der Waals surface area (Å²) in [5.41, 5.74) is 2.48. The van der Waals surface area contributed by atoms with Crippen molar-refractivity contribution in [1.82, 2.24) is 19.8 Å². The van der Waals surface area contributed by atoms with Gasteiger partial charge in [0.25, 0.3) is 5.56 Å². The number of aliphatic carboxylic acids is 2. The lowest BCUT2D eigenvalue weighted by molar-refractivity contribution is -0.165. The zero-order valence-electron chi connectivity index (χ0n) is 32.0. The van der Waals surface area contributed by atoms with E-state index in [0.29, 0.717) is 42.9 Å². The molecule has 1 aliphatic carbocycles. The van der Waals surface area contributed by atoms with Crippen molar-refractivity contribution in [2.75, 3.05) is 13.1 Å². The number of nitrogens with one attached hydrogen (secondary N) is 1. The van der Waals surface area contributed by atoms with E-state index in [1.807, 2.05) is 45.0 Å². The number of aromatic nitrogens is 2. The van der Waals surface area contributed by atoms with E-state index in [4.69, 9.17) is 20.4 Å². The molecule has 1 aromatic heterocycles. The number of aryl methyl sites for hydroxylation is 2. The quantitative estimate of drug-likeness (QED) is 0.111. The fourth-order valence-electron chi connectivity index (χ4n) is 6.26. The van der Waals surface area contributed by atoms with E-state index >= 15 is 0 Å². The zero-order chi connectivity index (χ0) is 42.9. The fourth-order valence-corrected chi connectivity index (χ4v) is 6.26. The van der Waals surface area contributed by atoms with Crippen LogP contribution in [0.3, 0.4) is 0 Å². The van der Waals surface area contributed by atoms with Crippen LogP contribution in [0.15, 0.2) is 71.5 Å². The number of hydrogen-bond acceptors (Lipinski definition) is 8. The van der Waals surface area contributed by atoms with E-state index in [9.17, 15) is 41.1 Å².